The van der Waals surface area contributed by atoms with E-state index in [2.05, 4.69) is 139 Å². The molecule has 1 aromatic heterocycles. The molecule has 0 fully saturated rings. The maximum absolute atomic E-state index is 5.68. The van der Waals surface area contributed by atoms with Crippen LogP contribution in [0.25, 0.3) is 39.0 Å². The third kappa shape index (κ3) is 10.7. The van der Waals surface area contributed by atoms with E-state index in [0.717, 1.165) is 35.2 Å². The van der Waals surface area contributed by atoms with Gasteiger partial charge in [0.15, 0.2) is 0 Å². The van der Waals surface area contributed by atoms with Crippen molar-refractivity contribution in [2.45, 2.75) is 19.4 Å². The zero-order chi connectivity index (χ0) is 37.0. The topological polar surface area (TPSA) is 81.0 Å². The Bertz CT molecular complexity index is 2100. The summed E-state index contributed by atoms with van der Waals surface area (Å²) < 4.78 is 2.19. The molecule has 1 aliphatic heterocycles. The van der Waals surface area contributed by atoms with Crippen molar-refractivity contribution in [2.75, 3.05) is 23.8 Å². The first-order valence-electron chi connectivity index (χ1n) is 17.6. The van der Waals surface area contributed by atoms with Crippen molar-refractivity contribution in [3.05, 3.63) is 206 Å². The van der Waals surface area contributed by atoms with E-state index in [4.69, 9.17) is 11.5 Å². The van der Waals surface area contributed by atoms with Crippen LogP contribution in [0.3, 0.4) is 0 Å². The molecule has 5 heteroatoms. The molecule has 0 radical (unpaired) electrons. The van der Waals surface area contributed by atoms with Crippen molar-refractivity contribution in [3.8, 4) is 11.1 Å². The van der Waals surface area contributed by atoms with E-state index in [1.165, 1.54) is 33.0 Å². The molecule has 5 aromatic carbocycles. The first kappa shape index (κ1) is 38.7. The number of rotatable bonds is 7. The predicted octanol–water partition coefficient (Wildman–Crippen LogP) is 11.1. The molecule has 1 aliphatic rings. The highest BCUT2D eigenvalue weighted by molar-refractivity contribution is 6.11. The summed E-state index contributed by atoms with van der Waals surface area (Å²) in [5.74, 6) is 0. The third-order valence-electron chi connectivity index (χ3n) is 8.25. The van der Waals surface area contributed by atoms with Gasteiger partial charge in [-0.2, -0.15) is 0 Å². The smallest absolute Gasteiger partial charge is 0.0727 e. The molecule has 6 aromatic rings. The number of hydrogen-bond acceptors (Lipinski definition) is 4. The van der Waals surface area contributed by atoms with Crippen LogP contribution in [0.15, 0.2) is 190 Å². The normalized spacial score (nSPS) is 13.8. The Balaban J connectivity index is 0.000000260. The van der Waals surface area contributed by atoms with Crippen LogP contribution in [-0.4, -0.2) is 17.8 Å². The van der Waals surface area contributed by atoms with Crippen molar-refractivity contribution in [1.29, 1.82) is 0 Å². The summed E-state index contributed by atoms with van der Waals surface area (Å²) in [7, 11) is 0. The molecule has 264 valence electrons. The molecular formula is C47H51N5. The van der Waals surface area contributed by atoms with Gasteiger partial charge in [-0.25, -0.2) is 0 Å². The fourth-order valence-electron chi connectivity index (χ4n) is 5.68. The van der Waals surface area contributed by atoms with Crippen molar-refractivity contribution >= 4 is 33.6 Å². The van der Waals surface area contributed by atoms with Gasteiger partial charge >= 0.3 is 0 Å². The number of nitrogens with two attached hydrogens (primary N) is 2. The van der Waals surface area contributed by atoms with Gasteiger partial charge in [0.25, 0.3) is 0 Å². The first-order chi connectivity index (χ1) is 25.6. The molecule has 5 nitrogen and oxygen atoms in total. The summed E-state index contributed by atoms with van der Waals surface area (Å²) in [4.78, 5) is 0. The number of fused-ring (bicyclic) bond motifs is 6. The number of anilines is 1. The van der Waals surface area contributed by atoms with Crippen LogP contribution in [0.1, 0.15) is 29.2 Å². The summed E-state index contributed by atoms with van der Waals surface area (Å²) in [5, 5.41) is 5.97. The number of aromatic nitrogens is 1. The summed E-state index contributed by atoms with van der Waals surface area (Å²) >= 11 is 0. The van der Waals surface area contributed by atoms with E-state index in [1.807, 2.05) is 73.0 Å². The van der Waals surface area contributed by atoms with Gasteiger partial charge in [0, 0.05) is 40.8 Å². The summed E-state index contributed by atoms with van der Waals surface area (Å²) in [5.41, 5.74) is 24.2. The van der Waals surface area contributed by atoms with Crippen LogP contribution in [0, 0.1) is 6.92 Å². The lowest BCUT2D eigenvalue weighted by molar-refractivity contribution is 0.914. The van der Waals surface area contributed by atoms with E-state index in [1.54, 1.807) is 6.08 Å². The molecule has 7 rings (SSSR count). The molecular weight excluding hydrogens is 635 g/mol. The van der Waals surface area contributed by atoms with Gasteiger partial charge in [-0.05, 0) is 60.9 Å². The van der Waals surface area contributed by atoms with Gasteiger partial charge in [0.05, 0.1) is 11.0 Å². The number of nitrogens with one attached hydrogen (secondary N) is 2. The molecule has 0 saturated heterocycles. The minimum Gasteiger partial charge on any atom is -0.361 e. The number of para-hydroxylation sites is 1. The standard InChI is InChI=1S/C29H28N4.C9H11N.C7H8.C2H4/c30-17-9-3-11-19-32-33-28-16-8-7-15-24(28)26-20-25-23-14-6-5-13-22(23)12-4-1-2-10-18-31-27(25)21-29(26)33;1-2-9(10)8-6-4-3-5-7-8;1-7-5-3-2-4-6-7;1-2/h1-8,10-16,18,20-21,31-32H,9,17,19,30H2;2-7,9H,1,10H2;2-6H,1H3;1-2H2/b2-1-,11-3-,12-4-,18-10+;;;. The Labute approximate surface area is 309 Å². The van der Waals surface area contributed by atoms with E-state index < -0.39 is 0 Å². The largest absolute Gasteiger partial charge is 0.361 e. The zero-order valence-corrected chi connectivity index (χ0v) is 30.2. The fourth-order valence-corrected chi connectivity index (χ4v) is 5.68. The Morgan fingerprint density at radius 1 is 0.731 bits per heavy atom. The highest BCUT2D eigenvalue weighted by atomic mass is 15.4. The Hall–Kier alpha value is -6.14. The Kier molecular flexibility index (Phi) is 15.7. The Morgan fingerprint density at radius 3 is 2.12 bits per heavy atom. The number of aryl methyl sites for hydroxylation is 1. The van der Waals surface area contributed by atoms with E-state index in [-0.39, 0.29) is 6.04 Å². The van der Waals surface area contributed by atoms with E-state index >= 15 is 0 Å². The van der Waals surface area contributed by atoms with Gasteiger partial charge < -0.3 is 22.2 Å². The van der Waals surface area contributed by atoms with Crippen LogP contribution in [-0.2, 0) is 0 Å². The third-order valence-corrected chi connectivity index (χ3v) is 8.25. The van der Waals surface area contributed by atoms with Crippen LogP contribution >= 0.6 is 0 Å². The second kappa shape index (κ2) is 21.2. The lowest BCUT2D eigenvalue weighted by Gasteiger charge is -2.15. The van der Waals surface area contributed by atoms with Crippen LogP contribution in [0.5, 0.6) is 0 Å². The van der Waals surface area contributed by atoms with Crippen molar-refractivity contribution < 1.29 is 0 Å². The molecule has 1 unspecified atom stereocenters. The maximum Gasteiger partial charge on any atom is 0.0727 e. The van der Waals surface area contributed by atoms with Crippen LogP contribution < -0.4 is 22.2 Å². The summed E-state index contributed by atoms with van der Waals surface area (Å²) in [6.07, 6.45) is 19.2. The molecule has 0 spiro atoms. The quantitative estimate of drug-likeness (QED) is 0.126. The van der Waals surface area contributed by atoms with Crippen LogP contribution in [0.2, 0.25) is 0 Å². The lowest BCUT2D eigenvalue weighted by atomic mass is 9.96. The molecule has 2 heterocycles. The molecule has 0 bridgehead atoms. The van der Waals surface area contributed by atoms with Gasteiger partial charge in [-0.3, -0.25) is 4.68 Å². The molecule has 0 saturated carbocycles. The summed E-state index contributed by atoms with van der Waals surface area (Å²) in [6.45, 7) is 13.1. The van der Waals surface area contributed by atoms with Gasteiger partial charge in [0.1, 0.15) is 0 Å². The fraction of sp³-hybridized carbons (Fsp3) is 0.106. The molecule has 6 N–H and O–H groups in total. The maximum atomic E-state index is 5.68. The minimum absolute atomic E-state index is 0.0267. The number of hydrogen-bond donors (Lipinski definition) is 4. The summed E-state index contributed by atoms with van der Waals surface area (Å²) in [6, 6.07) is 41.8. The van der Waals surface area contributed by atoms with Crippen molar-refractivity contribution in [2.24, 2.45) is 11.5 Å². The SMILES string of the molecule is C=C.C=CC(N)c1ccccc1.Cc1ccccc1.NCC/C=C\CNn1c2ccccc2c2cc3c(cc21)N/C=C/C=C\C=C/c1ccccc1-3. The molecule has 1 atom stereocenters. The average molecular weight is 686 g/mol. The van der Waals surface area contributed by atoms with Gasteiger partial charge in [0.2, 0.25) is 0 Å². The van der Waals surface area contributed by atoms with Crippen LogP contribution in [0.4, 0.5) is 5.69 Å². The molecule has 0 aliphatic carbocycles. The monoisotopic (exact) mass is 685 g/mol. The van der Waals surface area contributed by atoms with Gasteiger partial charge in [-0.15, -0.1) is 19.7 Å². The lowest BCUT2D eigenvalue weighted by Crippen LogP contribution is -2.14. The highest BCUT2D eigenvalue weighted by Crippen LogP contribution is 2.39. The van der Waals surface area contributed by atoms with Crippen molar-refractivity contribution in [1.82, 2.24) is 4.68 Å². The number of nitrogens with zero attached hydrogens (tertiary/aromatic N) is 1. The van der Waals surface area contributed by atoms with E-state index in [0.29, 0.717) is 6.54 Å². The molecule has 0 amide bonds. The predicted molar refractivity (Wildman–Crippen MR) is 229 cm³/mol. The second-order valence-electron chi connectivity index (χ2n) is 11.8. The second-order valence-corrected chi connectivity index (χ2v) is 11.8. The highest BCUT2D eigenvalue weighted by Gasteiger charge is 2.16. The Morgan fingerprint density at radius 2 is 1.40 bits per heavy atom. The van der Waals surface area contributed by atoms with Crippen molar-refractivity contribution in [3.63, 3.8) is 0 Å². The van der Waals surface area contributed by atoms with E-state index in [9.17, 15) is 0 Å². The van der Waals surface area contributed by atoms with Gasteiger partial charge in [-0.1, -0.05) is 151 Å². The minimum atomic E-state index is -0.0267. The first-order valence-corrected chi connectivity index (χ1v) is 17.6. The zero-order valence-electron chi connectivity index (χ0n) is 30.2. The average Bonchev–Trinajstić information content (AvgIpc) is 3.49. The molecule has 52 heavy (non-hydrogen) atoms. The number of allylic oxidation sites excluding steroid dienone is 4. The number of benzene rings is 5.